The van der Waals surface area contributed by atoms with Crippen molar-refractivity contribution in [1.29, 1.82) is 0 Å². The Balaban J connectivity index is 2.91. The Morgan fingerprint density at radius 3 is 2.10 bits per heavy atom. The van der Waals surface area contributed by atoms with Crippen molar-refractivity contribution < 1.29 is 24.3 Å². The molecule has 1 saturated heterocycles. The third-order valence-electron chi connectivity index (χ3n) is 3.20. The highest BCUT2D eigenvalue weighted by Gasteiger charge is 2.33. The van der Waals surface area contributed by atoms with Gasteiger partial charge < -0.3 is 14.8 Å². The van der Waals surface area contributed by atoms with Crippen molar-refractivity contribution >= 4 is 23.7 Å². The van der Waals surface area contributed by atoms with Crippen LogP contribution < -0.4 is 5.11 Å². The maximum atomic E-state index is 11.7. The van der Waals surface area contributed by atoms with Crippen molar-refractivity contribution in [2.45, 2.75) is 46.1 Å². The van der Waals surface area contributed by atoms with Crippen LogP contribution in [0.1, 0.15) is 40.0 Å². The van der Waals surface area contributed by atoms with E-state index in [0.717, 1.165) is 9.80 Å². The molecule has 1 atom stereocenters. The van der Waals surface area contributed by atoms with E-state index >= 15 is 0 Å². The van der Waals surface area contributed by atoms with E-state index in [-0.39, 0.29) is 43.7 Å². The molecule has 0 radical (unpaired) electrons. The van der Waals surface area contributed by atoms with Gasteiger partial charge in [0.25, 0.3) is 0 Å². The minimum atomic E-state index is -1.38. The van der Waals surface area contributed by atoms with Gasteiger partial charge in [-0.15, -0.1) is 0 Å². The van der Waals surface area contributed by atoms with Gasteiger partial charge in [0, 0.05) is 19.8 Å². The van der Waals surface area contributed by atoms with Gasteiger partial charge in [0.15, 0.2) is 0 Å². The van der Waals surface area contributed by atoms with Gasteiger partial charge in [0.1, 0.15) is 6.67 Å². The van der Waals surface area contributed by atoms with Crippen LogP contribution in [0.25, 0.3) is 0 Å². The van der Waals surface area contributed by atoms with Gasteiger partial charge in [-0.1, -0.05) is 13.8 Å². The Kier molecular flexibility index (Phi) is 5.24. The zero-order valence-electron chi connectivity index (χ0n) is 11.9. The van der Waals surface area contributed by atoms with Gasteiger partial charge in [-0.2, -0.15) is 0 Å². The quantitative estimate of drug-likeness (QED) is 0.589. The second kappa shape index (κ2) is 6.49. The average Bonchev–Trinajstić information content (AvgIpc) is 2.63. The summed E-state index contributed by atoms with van der Waals surface area (Å²) in [4.78, 5) is 47.9. The Bertz CT molecular complexity index is 416. The van der Waals surface area contributed by atoms with Crippen molar-refractivity contribution in [1.82, 2.24) is 9.80 Å². The molecular weight excluding hydrogens is 264 g/mol. The molecule has 0 saturated carbocycles. The summed E-state index contributed by atoms with van der Waals surface area (Å²) in [5, 5.41) is 11.2. The number of imide groups is 1. The smallest absolute Gasteiger partial charge is 0.231 e. The van der Waals surface area contributed by atoms with Crippen molar-refractivity contribution in [3.63, 3.8) is 0 Å². The summed E-state index contributed by atoms with van der Waals surface area (Å²) in [5.41, 5.74) is 0. The fraction of sp³-hybridized carbons (Fsp3) is 0.692. The summed E-state index contributed by atoms with van der Waals surface area (Å²) in [5.74, 6) is -2.63. The highest BCUT2D eigenvalue weighted by Crippen LogP contribution is 2.17. The predicted molar refractivity (Wildman–Crippen MR) is 66.7 cm³/mol. The molecule has 7 heteroatoms. The number of hydrogen-bond acceptors (Lipinski definition) is 5. The summed E-state index contributed by atoms with van der Waals surface area (Å²) in [7, 11) is 0. The number of amides is 3. The number of likely N-dealkylation sites (tertiary alicyclic amines) is 1. The third-order valence-corrected chi connectivity index (χ3v) is 3.20. The van der Waals surface area contributed by atoms with Crippen LogP contribution in [0.3, 0.4) is 0 Å². The van der Waals surface area contributed by atoms with E-state index in [2.05, 4.69) is 0 Å². The van der Waals surface area contributed by atoms with Crippen LogP contribution in [-0.4, -0.2) is 46.2 Å². The minimum Gasteiger partial charge on any atom is -0.548 e. The summed E-state index contributed by atoms with van der Waals surface area (Å²) < 4.78 is 0. The van der Waals surface area contributed by atoms with E-state index in [9.17, 15) is 24.3 Å². The van der Waals surface area contributed by atoms with Gasteiger partial charge in [-0.25, -0.2) is 0 Å². The first-order valence-electron chi connectivity index (χ1n) is 6.55. The lowest BCUT2D eigenvalue weighted by atomic mass is 10.0. The first kappa shape index (κ1) is 16.1. The molecule has 1 fully saturated rings. The largest absolute Gasteiger partial charge is 0.548 e. The standard InChI is InChI=1S/C13H20N2O5/c1-8(2)6-10(13(19)20)14(9(3)16)7-15-11(17)4-5-12(15)18/h8,10H,4-7H2,1-3H3,(H,19,20)/p-1/t10-/m0/s1. The third kappa shape index (κ3) is 3.79. The topological polar surface area (TPSA) is 97.8 Å². The Hall–Kier alpha value is -1.92. The number of carbonyl (C=O) groups is 4. The van der Waals surface area contributed by atoms with Crippen LogP contribution in [-0.2, 0) is 19.2 Å². The maximum Gasteiger partial charge on any atom is 0.231 e. The van der Waals surface area contributed by atoms with Gasteiger partial charge in [0.2, 0.25) is 17.7 Å². The van der Waals surface area contributed by atoms with Crippen LogP contribution >= 0.6 is 0 Å². The molecule has 0 unspecified atom stereocenters. The SMILES string of the molecule is CC(=O)N(CN1C(=O)CCC1=O)[C@@H](CC(C)C)C(=O)[O-]. The summed E-state index contributed by atoms with van der Waals surface area (Å²) in [6, 6.07) is -1.14. The minimum absolute atomic E-state index is 0.0322. The Morgan fingerprint density at radius 1 is 1.25 bits per heavy atom. The molecule has 1 aliphatic heterocycles. The van der Waals surface area contributed by atoms with Crippen LogP contribution in [0.2, 0.25) is 0 Å². The molecule has 0 bridgehead atoms. The maximum absolute atomic E-state index is 11.7. The van der Waals surface area contributed by atoms with Gasteiger partial charge in [-0.05, 0) is 12.3 Å². The molecule has 1 heterocycles. The fourth-order valence-corrected chi connectivity index (χ4v) is 2.15. The monoisotopic (exact) mass is 283 g/mol. The lowest BCUT2D eigenvalue weighted by Crippen LogP contribution is -2.54. The van der Waals surface area contributed by atoms with Gasteiger partial charge in [0.05, 0.1) is 12.0 Å². The van der Waals surface area contributed by atoms with Crippen molar-refractivity contribution in [3.05, 3.63) is 0 Å². The normalized spacial score (nSPS) is 16.7. The zero-order valence-corrected chi connectivity index (χ0v) is 11.9. The van der Waals surface area contributed by atoms with Gasteiger partial charge in [-0.3, -0.25) is 19.3 Å². The van der Waals surface area contributed by atoms with Crippen LogP contribution in [0.4, 0.5) is 0 Å². The molecule has 0 aromatic carbocycles. The number of carboxylic acid groups (broad SMARTS) is 1. The fourth-order valence-electron chi connectivity index (χ4n) is 2.15. The molecule has 3 amide bonds. The molecule has 0 N–H and O–H groups in total. The molecule has 1 aliphatic rings. The second-order valence-electron chi connectivity index (χ2n) is 5.31. The molecule has 0 spiro atoms. The number of rotatable bonds is 6. The second-order valence-corrected chi connectivity index (χ2v) is 5.31. The van der Waals surface area contributed by atoms with E-state index in [1.807, 2.05) is 13.8 Å². The molecule has 0 aliphatic carbocycles. The number of aliphatic carboxylic acids is 1. The van der Waals surface area contributed by atoms with E-state index < -0.39 is 17.9 Å². The first-order chi connectivity index (χ1) is 9.23. The Labute approximate surface area is 117 Å². The summed E-state index contributed by atoms with van der Waals surface area (Å²) in [6.45, 7) is 4.53. The molecule has 112 valence electrons. The predicted octanol–water partition coefficient (Wildman–Crippen LogP) is -0.894. The molecule has 0 aromatic heterocycles. The van der Waals surface area contributed by atoms with Crippen molar-refractivity contribution in [2.24, 2.45) is 5.92 Å². The van der Waals surface area contributed by atoms with Crippen LogP contribution in [0.5, 0.6) is 0 Å². The molecule has 20 heavy (non-hydrogen) atoms. The highest BCUT2D eigenvalue weighted by molar-refractivity contribution is 6.02. The van der Waals surface area contributed by atoms with Crippen LogP contribution in [0, 0.1) is 5.92 Å². The molecule has 0 aromatic rings. The van der Waals surface area contributed by atoms with E-state index in [0.29, 0.717) is 0 Å². The molecule has 1 rings (SSSR count). The van der Waals surface area contributed by atoms with Crippen molar-refractivity contribution in [2.75, 3.05) is 6.67 Å². The zero-order chi connectivity index (χ0) is 15.4. The molecule has 7 nitrogen and oxygen atoms in total. The van der Waals surface area contributed by atoms with E-state index in [1.165, 1.54) is 6.92 Å². The highest BCUT2D eigenvalue weighted by atomic mass is 16.4. The number of hydrogen-bond donors (Lipinski definition) is 0. The van der Waals surface area contributed by atoms with E-state index in [1.54, 1.807) is 0 Å². The average molecular weight is 283 g/mol. The lowest BCUT2D eigenvalue weighted by Gasteiger charge is -2.34. The van der Waals surface area contributed by atoms with Crippen molar-refractivity contribution in [3.8, 4) is 0 Å². The summed E-state index contributed by atoms with van der Waals surface area (Å²) >= 11 is 0. The van der Waals surface area contributed by atoms with E-state index in [4.69, 9.17) is 0 Å². The van der Waals surface area contributed by atoms with Crippen LogP contribution in [0.15, 0.2) is 0 Å². The lowest BCUT2D eigenvalue weighted by molar-refractivity contribution is -0.312. The first-order valence-corrected chi connectivity index (χ1v) is 6.55. The number of nitrogens with zero attached hydrogens (tertiary/aromatic N) is 2. The number of carbonyl (C=O) groups excluding carboxylic acids is 4. The number of carboxylic acids is 1. The molecular formula is C13H19N2O5-. The van der Waals surface area contributed by atoms with Gasteiger partial charge >= 0.3 is 0 Å². The Morgan fingerprint density at radius 2 is 1.75 bits per heavy atom. The summed E-state index contributed by atoms with van der Waals surface area (Å²) in [6.07, 6.45) is 0.410.